The summed E-state index contributed by atoms with van der Waals surface area (Å²) in [7, 11) is 1.44. The van der Waals surface area contributed by atoms with E-state index in [1.54, 1.807) is 11.8 Å². The molecule has 2 unspecified atom stereocenters. The Hall–Kier alpha value is -1.00. The number of thioether (sulfide) groups is 1. The van der Waals surface area contributed by atoms with Gasteiger partial charge in [0.25, 0.3) is 0 Å². The van der Waals surface area contributed by atoms with Crippen molar-refractivity contribution in [1.82, 2.24) is 5.32 Å². The van der Waals surface area contributed by atoms with Gasteiger partial charge in [-0.15, -0.1) is 11.8 Å². The van der Waals surface area contributed by atoms with E-state index in [1.165, 1.54) is 17.6 Å². The van der Waals surface area contributed by atoms with Gasteiger partial charge in [0.2, 0.25) is 0 Å². The van der Waals surface area contributed by atoms with E-state index < -0.39 is 0 Å². The summed E-state index contributed by atoms with van der Waals surface area (Å²) in [5.74, 6) is 0.0769. The maximum atomic E-state index is 11.7. The van der Waals surface area contributed by atoms with Gasteiger partial charge in [0.15, 0.2) is 0 Å². The Morgan fingerprint density at radius 1 is 1.37 bits per heavy atom. The van der Waals surface area contributed by atoms with E-state index in [-0.39, 0.29) is 17.9 Å². The first kappa shape index (κ1) is 16.1. The van der Waals surface area contributed by atoms with Crippen molar-refractivity contribution < 1.29 is 9.53 Å². The fourth-order valence-corrected chi connectivity index (χ4v) is 2.26. The van der Waals surface area contributed by atoms with E-state index in [0.29, 0.717) is 6.54 Å². The topological polar surface area (TPSA) is 38.3 Å². The van der Waals surface area contributed by atoms with Crippen LogP contribution < -0.4 is 5.32 Å². The van der Waals surface area contributed by atoms with Crippen molar-refractivity contribution in [2.75, 3.05) is 13.4 Å². The van der Waals surface area contributed by atoms with Gasteiger partial charge >= 0.3 is 5.97 Å². The maximum Gasteiger partial charge on any atom is 0.323 e. The highest BCUT2D eigenvalue weighted by molar-refractivity contribution is 7.98. The number of esters is 1. The lowest BCUT2D eigenvalue weighted by atomic mass is 9.99. The summed E-state index contributed by atoms with van der Waals surface area (Å²) in [6, 6.07) is 8.12. The van der Waals surface area contributed by atoms with Gasteiger partial charge in [0.1, 0.15) is 6.04 Å². The Balaban J connectivity index is 2.62. The molecule has 0 aliphatic carbocycles. The third-order valence-corrected chi connectivity index (χ3v) is 4.10. The van der Waals surface area contributed by atoms with E-state index in [0.717, 1.165) is 6.42 Å². The van der Waals surface area contributed by atoms with Crippen LogP contribution in [0.15, 0.2) is 29.2 Å². The van der Waals surface area contributed by atoms with Gasteiger partial charge in [0.05, 0.1) is 7.11 Å². The van der Waals surface area contributed by atoms with Gasteiger partial charge < -0.3 is 10.1 Å². The minimum absolute atomic E-state index is 0.185. The summed E-state index contributed by atoms with van der Waals surface area (Å²) >= 11 is 1.72. The smallest absolute Gasteiger partial charge is 0.323 e. The van der Waals surface area contributed by atoms with E-state index in [1.807, 2.05) is 0 Å². The van der Waals surface area contributed by atoms with Crippen molar-refractivity contribution in [3.05, 3.63) is 29.8 Å². The fourth-order valence-electron chi connectivity index (χ4n) is 1.85. The summed E-state index contributed by atoms with van der Waals surface area (Å²) in [5.41, 5.74) is 1.18. The molecule has 1 rings (SSSR count). The Morgan fingerprint density at radius 3 is 2.47 bits per heavy atom. The third-order valence-electron chi connectivity index (χ3n) is 3.35. The molecule has 0 aliphatic rings. The first-order valence-electron chi connectivity index (χ1n) is 6.56. The SMILES string of the molecule is CCC(C)C(NCc1ccc(SC)cc1)C(=O)OC. The summed E-state index contributed by atoms with van der Waals surface area (Å²) in [5, 5.41) is 3.29. The van der Waals surface area contributed by atoms with Crippen LogP contribution in [0.1, 0.15) is 25.8 Å². The molecule has 0 heterocycles. The second-order valence-corrected chi connectivity index (χ2v) is 5.49. The van der Waals surface area contributed by atoms with E-state index >= 15 is 0 Å². The van der Waals surface area contributed by atoms with Gasteiger partial charge in [0, 0.05) is 11.4 Å². The van der Waals surface area contributed by atoms with Crippen LogP contribution in [0.5, 0.6) is 0 Å². The third kappa shape index (κ3) is 4.88. The second-order valence-electron chi connectivity index (χ2n) is 4.62. The van der Waals surface area contributed by atoms with Crippen LogP contribution in [0, 0.1) is 5.92 Å². The van der Waals surface area contributed by atoms with Crippen LogP contribution >= 0.6 is 11.8 Å². The van der Waals surface area contributed by atoms with Gasteiger partial charge in [-0.25, -0.2) is 0 Å². The number of carbonyl (C=O) groups excluding carboxylic acids is 1. The molecule has 0 saturated carbocycles. The molecule has 1 N–H and O–H groups in total. The van der Waals surface area contributed by atoms with Gasteiger partial charge in [-0.05, 0) is 29.9 Å². The number of methoxy groups -OCH3 is 1. The number of rotatable bonds is 7. The van der Waals surface area contributed by atoms with E-state index in [2.05, 4.69) is 49.7 Å². The molecule has 0 fully saturated rings. The van der Waals surface area contributed by atoms with Gasteiger partial charge in [-0.1, -0.05) is 32.4 Å². The molecular weight excluding hydrogens is 258 g/mol. The maximum absolute atomic E-state index is 11.7. The number of carbonyl (C=O) groups is 1. The lowest BCUT2D eigenvalue weighted by Gasteiger charge is -2.22. The van der Waals surface area contributed by atoms with Crippen LogP contribution in [0.4, 0.5) is 0 Å². The van der Waals surface area contributed by atoms with Crippen LogP contribution in [0.25, 0.3) is 0 Å². The van der Waals surface area contributed by atoms with Crippen molar-refractivity contribution in [3.8, 4) is 0 Å². The van der Waals surface area contributed by atoms with Crippen molar-refractivity contribution in [2.24, 2.45) is 5.92 Å². The predicted molar refractivity (Wildman–Crippen MR) is 80.3 cm³/mol. The molecule has 19 heavy (non-hydrogen) atoms. The summed E-state index contributed by atoms with van der Waals surface area (Å²) in [6.45, 7) is 4.82. The average Bonchev–Trinajstić information content (AvgIpc) is 2.47. The quantitative estimate of drug-likeness (QED) is 0.616. The monoisotopic (exact) mass is 281 g/mol. The zero-order valence-electron chi connectivity index (χ0n) is 12.1. The predicted octanol–water partition coefficient (Wildman–Crippen LogP) is 3.09. The molecule has 0 amide bonds. The molecule has 106 valence electrons. The highest BCUT2D eigenvalue weighted by atomic mass is 32.2. The molecule has 1 aromatic rings. The molecule has 3 nitrogen and oxygen atoms in total. The molecule has 0 aromatic heterocycles. The largest absolute Gasteiger partial charge is 0.468 e. The zero-order valence-corrected chi connectivity index (χ0v) is 12.9. The Kier molecular flexibility index (Phi) is 6.95. The van der Waals surface area contributed by atoms with Crippen molar-refractivity contribution in [2.45, 2.75) is 37.8 Å². The van der Waals surface area contributed by atoms with Crippen LogP contribution in [0.3, 0.4) is 0 Å². The van der Waals surface area contributed by atoms with Crippen LogP contribution in [0.2, 0.25) is 0 Å². The second kappa shape index (κ2) is 8.23. The Labute approximate surface area is 120 Å². The minimum atomic E-state index is -0.241. The minimum Gasteiger partial charge on any atom is -0.468 e. The average molecular weight is 281 g/mol. The van der Waals surface area contributed by atoms with Crippen LogP contribution in [-0.4, -0.2) is 25.4 Å². The van der Waals surface area contributed by atoms with Crippen LogP contribution in [-0.2, 0) is 16.1 Å². The normalized spacial score (nSPS) is 13.9. The van der Waals surface area contributed by atoms with Crippen molar-refractivity contribution in [1.29, 1.82) is 0 Å². The summed E-state index contributed by atoms with van der Waals surface area (Å²) < 4.78 is 4.86. The molecule has 0 saturated heterocycles. The lowest BCUT2D eigenvalue weighted by molar-refractivity contribution is -0.144. The highest BCUT2D eigenvalue weighted by Crippen LogP contribution is 2.15. The highest BCUT2D eigenvalue weighted by Gasteiger charge is 2.23. The number of hydrogen-bond donors (Lipinski definition) is 1. The molecule has 2 atom stereocenters. The first-order valence-corrected chi connectivity index (χ1v) is 7.79. The van der Waals surface area contributed by atoms with E-state index in [9.17, 15) is 4.79 Å². The van der Waals surface area contributed by atoms with Gasteiger partial charge in [-0.3, -0.25) is 4.79 Å². The van der Waals surface area contributed by atoms with E-state index in [4.69, 9.17) is 4.74 Å². The number of hydrogen-bond acceptors (Lipinski definition) is 4. The summed E-state index contributed by atoms with van der Waals surface area (Å²) in [6.07, 6.45) is 3.00. The molecule has 0 spiro atoms. The number of nitrogens with one attached hydrogen (secondary N) is 1. The molecule has 0 aliphatic heterocycles. The molecule has 1 aromatic carbocycles. The molecule has 0 radical (unpaired) electrons. The Bertz CT molecular complexity index is 392. The van der Waals surface area contributed by atoms with Crippen molar-refractivity contribution >= 4 is 17.7 Å². The standard InChI is InChI=1S/C15H23NO2S/c1-5-11(2)14(15(17)18-3)16-10-12-6-8-13(19-4)9-7-12/h6-9,11,14,16H,5,10H2,1-4H3. The van der Waals surface area contributed by atoms with Gasteiger partial charge in [-0.2, -0.15) is 0 Å². The molecule has 0 bridgehead atoms. The fraction of sp³-hybridized carbons (Fsp3) is 0.533. The first-order chi connectivity index (χ1) is 9.12. The zero-order chi connectivity index (χ0) is 14.3. The van der Waals surface area contributed by atoms with Crippen molar-refractivity contribution in [3.63, 3.8) is 0 Å². The lowest BCUT2D eigenvalue weighted by Crippen LogP contribution is -2.42. The summed E-state index contributed by atoms with van der Waals surface area (Å²) in [4.78, 5) is 13.0. The molecule has 4 heteroatoms. The molecular formula is C15H23NO2S. The number of benzene rings is 1. The number of ether oxygens (including phenoxy) is 1. The Morgan fingerprint density at radius 2 is 2.00 bits per heavy atom.